The van der Waals surface area contributed by atoms with E-state index in [1.165, 1.54) is 12.1 Å². The topological polar surface area (TPSA) is 8.81 Å². The van der Waals surface area contributed by atoms with Gasteiger partial charge in [0, 0.05) is 6.92 Å². The van der Waals surface area contributed by atoms with E-state index in [0.717, 1.165) is 6.54 Å². The summed E-state index contributed by atoms with van der Waals surface area (Å²) in [5.41, 5.74) is 1.34. The minimum Gasteiger partial charge on any atom is -0.239 e. The molecule has 0 spiro atoms. The molecule has 1 heterocycles. The van der Waals surface area contributed by atoms with E-state index in [9.17, 15) is 0 Å². The molecular formula is C8H15N2+. The number of aryl methyl sites for hydroxylation is 3. The van der Waals surface area contributed by atoms with Crippen molar-refractivity contribution in [3.8, 4) is 0 Å². The second-order valence-electron chi connectivity index (χ2n) is 2.74. The molecule has 2 nitrogen and oxygen atoms in total. The lowest BCUT2D eigenvalue weighted by atomic mass is 10.4. The molecule has 0 bridgehead atoms. The van der Waals surface area contributed by atoms with Crippen molar-refractivity contribution in [2.24, 2.45) is 7.05 Å². The Labute approximate surface area is 62.1 Å². The molecule has 0 unspecified atom stereocenters. The Morgan fingerprint density at radius 3 is 2.70 bits per heavy atom. The van der Waals surface area contributed by atoms with Gasteiger partial charge in [0.05, 0.1) is 13.6 Å². The van der Waals surface area contributed by atoms with E-state index >= 15 is 0 Å². The number of imidazole rings is 1. The molecule has 0 amide bonds. The molecule has 0 saturated carbocycles. The van der Waals surface area contributed by atoms with Gasteiger partial charge in [-0.2, -0.15) is 0 Å². The molecule has 0 fully saturated rings. The van der Waals surface area contributed by atoms with Crippen molar-refractivity contribution in [3.63, 3.8) is 0 Å². The minimum atomic E-state index is 1.13. The summed E-state index contributed by atoms with van der Waals surface area (Å²) in [5, 5.41) is 0. The standard InChI is InChI=1S/C8H15N2/c1-4-5-10-7-9(3)6-8(10)2/h6-7H,4-5H2,1-3H3/q+1. The Hall–Kier alpha value is -0.790. The molecule has 0 aliphatic carbocycles. The molecule has 1 aromatic heterocycles. The van der Waals surface area contributed by atoms with Gasteiger partial charge in [-0.15, -0.1) is 0 Å². The molecule has 0 aliphatic rings. The maximum atomic E-state index is 2.26. The lowest BCUT2D eigenvalue weighted by molar-refractivity contribution is -0.702. The van der Waals surface area contributed by atoms with Crippen LogP contribution in [0.4, 0.5) is 0 Å². The molecule has 0 radical (unpaired) electrons. The lowest BCUT2D eigenvalue weighted by Crippen LogP contribution is -2.33. The zero-order chi connectivity index (χ0) is 7.56. The van der Waals surface area contributed by atoms with Crippen molar-refractivity contribution in [3.05, 3.63) is 18.2 Å². The van der Waals surface area contributed by atoms with Crippen LogP contribution in [-0.2, 0) is 13.6 Å². The van der Waals surface area contributed by atoms with Crippen LogP contribution in [0, 0.1) is 6.92 Å². The van der Waals surface area contributed by atoms with Gasteiger partial charge in [0.1, 0.15) is 11.9 Å². The van der Waals surface area contributed by atoms with Crippen LogP contribution >= 0.6 is 0 Å². The second-order valence-corrected chi connectivity index (χ2v) is 2.74. The molecule has 0 atom stereocenters. The van der Waals surface area contributed by atoms with E-state index in [1.54, 1.807) is 0 Å². The van der Waals surface area contributed by atoms with Crippen LogP contribution in [0.3, 0.4) is 0 Å². The third-order valence-corrected chi connectivity index (χ3v) is 1.63. The van der Waals surface area contributed by atoms with E-state index in [0.29, 0.717) is 0 Å². The van der Waals surface area contributed by atoms with Crippen molar-refractivity contribution in [1.82, 2.24) is 4.57 Å². The fourth-order valence-corrected chi connectivity index (χ4v) is 1.19. The van der Waals surface area contributed by atoms with Crippen LogP contribution in [0.15, 0.2) is 12.5 Å². The van der Waals surface area contributed by atoms with Crippen LogP contribution in [-0.4, -0.2) is 4.57 Å². The maximum absolute atomic E-state index is 2.26. The fourth-order valence-electron chi connectivity index (χ4n) is 1.19. The smallest absolute Gasteiger partial charge is 0.239 e. The quantitative estimate of drug-likeness (QED) is 0.541. The Morgan fingerprint density at radius 1 is 1.60 bits per heavy atom. The summed E-state index contributed by atoms with van der Waals surface area (Å²) in [5.74, 6) is 0. The number of hydrogen-bond donors (Lipinski definition) is 0. The second kappa shape index (κ2) is 2.86. The predicted molar refractivity (Wildman–Crippen MR) is 40.6 cm³/mol. The summed E-state index contributed by atoms with van der Waals surface area (Å²) in [6.45, 7) is 5.46. The molecule has 0 N–H and O–H groups in total. The summed E-state index contributed by atoms with van der Waals surface area (Å²) in [4.78, 5) is 0. The van der Waals surface area contributed by atoms with E-state index in [2.05, 4.69) is 42.6 Å². The monoisotopic (exact) mass is 139 g/mol. The highest BCUT2D eigenvalue weighted by Gasteiger charge is 2.03. The van der Waals surface area contributed by atoms with Crippen LogP contribution < -0.4 is 4.57 Å². The van der Waals surface area contributed by atoms with Crippen molar-refractivity contribution >= 4 is 0 Å². The Kier molecular flexibility index (Phi) is 2.10. The summed E-state index contributed by atoms with van der Waals surface area (Å²) in [7, 11) is 2.05. The third kappa shape index (κ3) is 1.38. The highest BCUT2D eigenvalue weighted by Crippen LogP contribution is 1.88. The molecule has 10 heavy (non-hydrogen) atoms. The number of hydrogen-bond acceptors (Lipinski definition) is 0. The van der Waals surface area contributed by atoms with Gasteiger partial charge in [0.2, 0.25) is 6.33 Å². The van der Waals surface area contributed by atoms with Crippen LogP contribution in [0.5, 0.6) is 0 Å². The molecular weight excluding hydrogens is 124 g/mol. The lowest BCUT2D eigenvalue weighted by Gasteiger charge is -1.91. The third-order valence-electron chi connectivity index (χ3n) is 1.63. The van der Waals surface area contributed by atoms with Gasteiger partial charge in [-0.25, -0.2) is 9.13 Å². The summed E-state index contributed by atoms with van der Waals surface area (Å²) in [6.07, 6.45) is 5.46. The van der Waals surface area contributed by atoms with Gasteiger partial charge in [-0.3, -0.25) is 0 Å². The summed E-state index contributed by atoms with van der Waals surface area (Å²) >= 11 is 0. The largest absolute Gasteiger partial charge is 0.243 e. The van der Waals surface area contributed by atoms with Crippen molar-refractivity contribution in [2.45, 2.75) is 26.8 Å². The average Bonchev–Trinajstić information content (AvgIpc) is 2.13. The highest BCUT2D eigenvalue weighted by molar-refractivity contribution is 4.82. The minimum absolute atomic E-state index is 1.13. The van der Waals surface area contributed by atoms with Gasteiger partial charge in [-0.05, 0) is 6.42 Å². The van der Waals surface area contributed by atoms with E-state index in [1.807, 2.05) is 0 Å². The molecule has 2 heteroatoms. The summed E-state index contributed by atoms with van der Waals surface area (Å²) in [6, 6.07) is 0. The molecule has 0 saturated heterocycles. The van der Waals surface area contributed by atoms with Gasteiger partial charge in [-0.1, -0.05) is 6.92 Å². The maximum Gasteiger partial charge on any atom is 0.243 e. The molecule has 1 rings (SSSR count). The van der Waals surface area contributed by atoms with E-state index in [4.69, 9.17) is 0 Å². The number of aromatic nitrogens is 2. The first-order valence-electron chi connectivity index (χ1n) is 3.76. The van der Waals surface area contributed by atoms with Crippen LogP contribution in [0.25, 0.3) is 0 Å². The first kappa shape index (κ1) is 7.32. The fraction of sp³-hybridized carbons (Fsp3) is 0.625. The highest BCUT2D eigenvalue weighted by atomic mass is 15.1. The number of nitrogens with zero attached hydrogens (tertiary/aromatic N) is 2. The molecule has 0 aliphatic heterocycles. The van der Waals surface area contributed by atoms with Gasteiger partial charge < -0.3 is 0 Å². The zero-order valence-electron chi connectivity index (χ0n) is 6.96. The molecule has 1 aromatic rings. The first-order chi connectivity index (χ1) is 4.74. The Bertz CT molecular complexity index is 213. The van der Waals surface area contributed by atoms with Crippen LogP contribution in [0.2, 0.25) is 0 Å². The van der Waals surface area contributed by atoms with Crippen molar-refractivity contribution < 1.29 is 4.57 Å². The van der Waals surface area contributed by atoms with Gasteiger partial charge >= 0.3 is 0 Å². The van der Waals surface area contributed by atoms with Gasteiger partial charge in [0.15, 0.2) is 0 Å². The Balaban J connectivity index is 2.81. The van der Waals surface area contributed by atoms with Crippen molar-refractivity contribution in [2.75, 3.05) is 0 Å². The van der Waals surface area contributed by atoms with Crippen molar-refractivity contribution in [1.29, 1.82) is 0 Å². The SMILES string of the molecule is CCC[n+]1cn(C)cc1C. The van der Waals surface area contributed by atoms with E-state index < -0.39 is 0 Å². The molecule has 0 aromatic carbocycles. The predicted octanol–water partition coefficient (Wildman–Crippen LogP) is 1.03. The first-order valence-corrected chi connectivity index (χ1v) is 3.76. The normalized spacial score (nSPS) is 10.3. The number of rotatable bonds is 2. The average molecular weight is 139 g/mol. The zero-order valence-corrected chi connectivity index (χ0v) is 6.96. The molecule has 56 valence electrons. The van der Waals surface area contributed by atoms with E-state index in [-0.39, 0.29) is 0 Å². The van der Waals surface area contributed by atoms with Crippen LogP contribution in [0.1, 0.15) is 19.0 Å². The Morgan fingerprint density at radius 2 is 2.30 bits per heavy atom. The van der Waals surface area contributed by atoms with Gasteiger partial charge in [0.25, 0.3) is 0 Å². The summed E-state index contributed by atoms with van der Waals surface area (Å²) < 4.78 is 4.35.